The van der Waals surface area contributed by atoms with Gasteiger partial charge < -0.3 is 15.5 Å². The quantitative estimate of drug-likeness (QED) is 0.275. The first-order valence-corrected chi connectivity index (χ1v) is 10.5. The maximum absolute atomic E-state index is 4.83. The van der Waals surface area contributed by atoms with Crippen LogP contribution in [0.15, 0.2) is 41.4 Å². The molecule has 2 heterocycles. The number of guanidine groups is 1. The van der Waals surface area contributed by atoms with E-state index < -0.39 is 0 Å². The lowest BCUT2D eigenvalue weighted by molar-refractivity contribution is 0.256. The monoisotopic (exact) mass is 495 g/mol. The summed E-state index contributed by atoms with van der Waals surface area (Å²) in [6.45, 7) is 9.28. The molecule has 2 fully saturated rings. The molecule has 2 N–H and O–H groups in total. The van der Waals surface area contributed by atoms with Gasteiger partial charge in [-0.15, -0.1) is 24.0 Å². The van der Waals surface area contributed by atoms with Crippen molar-refractivity contribution in [3.05, 3.63) is 42.0 Å². The molecule has 28 heavy (non-hydrogen) atoms. The zero-order valence-electron chi connectivity index (χ0n) is 17.1. The smallest absolute Gasteiger partial charge is 0.191 e. The number of nitrogens with zero attached hydrogens (tertiary/aromatic N) is 3. The fraction of sp³-hybridized carbons (Fsp3) is 0.591. The number of hydrogen-bond acceptors (Lipinski definition) is 3. The molecule has 5 nitrogen and oxygen atoms in total. The maximum atomic E-state index is 4.83. The van der Waals surface area contributed by atoms with Gasteiger partial charge in [-0.05, 0) is 50.8 Å². The molecule has 0 bridgehead atoms. The highest BCUT2D eigenvalue weighted by molar-refractivity contribution is 14.0. The first kappa shape index (κ1) is 21.4. The Morgan fingerprint density at radius 3 is 2.50 bits per heavy atom. The minimum absolute atomic E-state index is 0. The van der Waals surface area contributed by atoms with E-state index in [0.717, 1.165) is 38.2 Å². The predicted molar refractivity (Wildman–Crippen MR) is 129 cm³/mol. The molecule has 0 aromatic heterocycles. The van der Waals surface area contributed by atoms with Crippen LogP contribution in [-0.2, 0) is 6.54 Å². The van der Waals surface area contributed by atoms with E-state index in [4.69, 9.17) is 4.99 Å². The van der Waals surface area contributed by atoms with Crippen LogP contribution in [0, 0.1) is 0 Å². The van der Waals surface area contributed by atoms with E-state index in [1.165, 1.54) is 30.5 Å². The summed E-state index contributed by atoms with van der Waals surface area (Å²) in [6, 6.07) is 10.9. The van der Waals surface area contributed by atoms with Gasteiger partial charge in [0.1, 0.15) is 0 Å². The highest BCUT2D eigenvalue weighted by Gasteiger charge is 2.38. The van der Waals surface area contributed by atoms with Gasteiger partial charge in [-0.3, -0.25) is 4.90 Å². The molecule has 1 saturated carbocycles. The largest absolute Gasteiger partial charge is 0.364 e. The number of rotatable bonds is 6. The highest BCUT2D eigenvalue weighted by Crippen LogP contribution is 2.33. The normalized spacial score (nSPS) is 25.1. The number of anilines is 1. The predicted octanol–water partition coefficient (Wildman–Crippen LogP) is 3.36. The lowest BCUT2D eigenvalue weighted by Crippen LogP contribution is -2.44. The number of benzene rings is 1. The van der Waals surface area contributed by atoms with Crippen molar-refractivity contribution >= 4 is 35.6 Å². The summed E-state index contributed by atoms with van der Waals surface area (Å²) in [5.41, 5.74) is 2.54. The second kappa shape index (κ2) is 9.96. The molecule has 1 aromatic carbocycles. The summed E-state index contributed by atoms with van der Waals surface area (Å²) in [4.78, 5) is 9.88. The van der Waals surface area contributed by atoms with Crippen molar-refractivity contribution in [2.75, 3.05) is 31.1 Å². The minimum atomic E-state index is 0. The van der Waals surface area contributed by atoms with Gasteiger partial charge in [-0.25, -0.2) is 4.99 Å². The van der Waals surface area contributed by atoms with Gasteiger partial charge in [0.25, 0.3) is 0 Å². The van der Waals surface area contributed by atoms with E-state index in [9.17, 15) is 0 Å². The third-order valence-electron chi connectivity index (χ3n) is 5.86. The van der Waals surface area contributed by atoms with Gasteiger partial charge in [-0.1, -0.05) is 24.3 Å². The van der Waals surface area contributed by atoms with Crippen LogP contribution in [0.4, 0.5) is 5.69 Å². The van der Waals surface area contributed by atoms with Gasteiger partial charge >= 0.3 is 0 Å². The zero-order valence-corrected chi connectivity index (χ0v) is 19.4. The molecule has 154 valence electrons. The van der Waals surface area contributed by atoms with Crippen molar-refractivity contribution in [2.45, 2.75) is 57.8 Å². The van der Waals surface area contributed by atoms with E-state index in [2.05, 4.69) is 70.7 Å². The fourth-order valence-electron chi connectivity index (χ4n) is 4.26. The van der Waals surface area contributed by atoms with Crippen LogP contribution < -0.4 is 15.5 Å². The lowest BCUT2D eigenvalue weighted by Gasteiger charge is -2.20. The molecule has 2 unspecified atom stereocenters. The summed E-state index contributed by atoms with van der Waals surface area (Å²) in [5.74, 6) is 0.945. The van der Waals surface area contributed by atoms with Crippen LogP contribution in [0.1, 0.15) is 38.7 Å². The molecule has 4 rings (SSSR count). The highest BCUT2D eigenvalue weighted by atomic mass is 127. The van der Waals surface area contributed by atoms with E-state index >= 15 is 0 Å². The van der Waals surface area contributed by atoms with Crippen molar-refractivity contribution in [3.8, 4) is 0 Å². The van der Waals surface area contributed by atoms with Crippen LogP contribution in [0.3, 0.4) is 0 Å². The van der Waals surface area contributed by atoms with Crippen molar-refractivity contribution in [3.63, 3.8) is 0 Å². The summed E-state index contributed by atoms with van der Waals surface area (Å²) in [7, 11) is 0. The van der Waals surface area contributed by atoms with Gasteiger partial charge in [0.2, 0.25) is 0 Å². The summed E-state index contributed by atoms with van der Waals surface area (Å²) < 4.78 is 0. The molecule has 1 saturated heterocycles. The van der Waals surface area contributed by atoms with Gasteiger partial charge in [-0.2, -0.15) is 0 Å². The number of aliphatic imine (C=N–C) groups is 1. The summed E-state index contributed by atoms with van der Waals surface area (Å²) in [6.07, 6.45) is 8.42. The van der Waals surface area contributed by atoms with Crippen molar-refractivity contribution in [1.82, 2.24) is 15.5 Å². The summed E-state index contributed by atoms with van der Waals surface area (Å²) >= 11 is 0. The number of hydrogen-bond donors (Lipinski definition) is 2. The third-order valence-corrected chi connectivity index (χ3v) is 5.86. The fourth-order valence-corrected chi connectivity index (χ4v) is 4.26. The molecule has 0 radical (unpaired) electrons. The van der Waals surface area contributed by atoms with Crippen molar-refractivity contribution in [1.29, 1.82) is 0 Å². The van der Waals surface area contributed by atoms with Gasteiger partial charge in [0.05, 0.1) is 6.54 Å². The Bertz CT molecular complexity index is 675. The van der Waals surface area contributed by atoms with E-state index in [-0.39, 0.29) is 24.0 Å². The number of halogens is 1. The molecular formula is C22H34IN5. The van der Waals surface area contributed by atoms with Crippen LogP contribution in [0.25, 0.3) is 0 Å². The average molecular weight is 495 g/mol. The molecule has 0 amide bonds. The molecule has 1 aliphatic carbocycles. The first-order valence-electron chi connectivity index (χ1n) is 10.5. The Balaban J connectivity index is 0.00000225. The Hall–Kier alpha value is -1.28. The van der Waals surface area contributed by atoms with E-state index in [0.29, 0.717) is 18.6 Å². The molecular weight excluding hydrogens is 461 g/mol. The molecule has 3 aliphatic rings. The molecule has 1 aromatic rings. The Morgan fingerprint density at radius 2 is 1.86 bits per heavy atom. The van der Waals surface area contributed by atoms with Crippen LogP contribution in [0.5, 0.6) is 0 Å². The molecule has 6 heteroatoms. The Labute approximate surface area is 186 Å². The Morgan fingerprint density at radius 1 is 1.14 bits per heavy atom. The van der Waals surface area contributed by atoms with E-state index in [1.54, 1.807) is 0 Å². The van der Waals surface area contributed by atoms with Crippen LogP contribution in [0.2, 0.25) is 0 Å². The van der Waals surface area contributed by atoms with Crippen LogP contribution in [-0.4, -0.2) is 55.2 Å². The third kappa shape index (κ3) is 5.41. The van der Waals surface area contributed by atoms with Crippen molar-refractivity contribution in [2.24, 2.45) is 4.99 Å². The number of nitrogens with one attached hydrogen (secondary N) is 2. The second-order valence-electron chi connectivity index (χ2n) is 8.09. The minimum Gasteiger partial charge on any atom is -0.364 e. The second-order valence-corrected chi connectivity index (χ2v) is 8.09. The van der Waals surface area contributed by atoms with Gasteiger partial charge in [0, 0.05) is 50.0 Å². The lowest BCUT2D eigenvalue weighted by atomic mass is 10.2. The maximum Gasteiger partial charge on any atom is 0.191 e. The average Bonchev–Trinajstić information content (AvgIpc) is 3.23. The first-order chi connectivity index (χ1) is 13.2. The summed E-state index contributed by atoms with van der Waals surface area (Å²) in [5, 5.41) is 7.08. The molecule has 2 aliphatic heterocycles. The zero-order chi connectivity index (χ0) is 18.6. The van der Waals surface area contributed by atoms with Crippen molar-refractivity contribution < 1.29 is 0 Å². The van der Waals surface area contributed by atoms with Gasteiger partial charge in [0.15, 0.2) is 5.96 Å². The SMILES string of the molecule is CCNC(=NCc1ccc(N2CC=CC2)cc1)NC1CC(C)N(C2CC2)C1.I. The van der Waals surface area contributed by atoms with Crippen LogP contribution >= 0.6 is 24.0 Å². The van der Waals surface area contributed by atoms with E-state index in [1.807, 2.05) is 0 Å². The number of likely N-dealkylation sites (tertiary alicyclic amines) is 1. The standard InChI is InChI=1S/C22H33N5.HI/c1-3-23-22(25-19-14-17(2)27(16-19)21-10-11-21)24-15-18-6-8-20(9-7-18)26-12-4-5-13-26;/h4-9,17,19,21H,3,10-16H2,1-2H3,(H2,23,24,25);1H. The molecule has 0 spiro atoms. The Kier molecular flexibility index (Phi) is 7.62. The topological polar surface area (TPSA) is 42.9 Å². The molecule has 2 atom stereocenters.